The third-order valence-electron chi connectivity index (χ3n) is 5.15. The number of rotatable bonds is 4. The zero-order valence-electron chi connectivity index (χ0n) is 12.9. The molecule has 0 radical (unpaired) electrons. The van der Waals surface area contributed by atoms with E-state index in [1.54, 1.807) is 0 Å². The molecule has 2 aliphatic rings. The Morgan fingerprint density at radius 3 is 2.68 bits per heavy atom. The maximum atomic E-state index is 5.48. The molecule has 1 spiro atoms. The van der Waals surface area contributed by atoms with Crippen molar-refractivity contribution < 1.29 is 4.74 Å². The lowest BCUT2D eigenvalue weighted by Gasteiger charge is -2.50. The van der Waals surface area contributed by atoms with Crippen LogP contribution in [0.3, 0.4) is 0 Å². The van der Waals surface area contributed by atoms with Crippen LogP contribution < -0.4 is 5.32 Å². The first-order valence-electron chi connectivity index (χ1n) is 8.24. The lowest BCUT2D eigenvalue weighted by Crippen LogP contribution is -2.50. The Bertz CT molecular complexity index is 608. The summed E-state index contributed by atoms with van der Waals surface area (Å²) in [5, 5.41) is 8.30. The van der Waals surface area contributed by atoms with Gasteiger partial charge in [-0.05, 0) is 49.3 Å². The van der Waals surface area contributed by atoms with Gasteiger partial charge in [0.1, 0.15) is 0 Å². The van der Waals surface area contributed by atoms with Gasteiger partial charge in [0.15, 0.2) is 0 Å². The lowest BCUT2D eigenvalue weighted by molar-refractivity contribution is -0.0454. The molecule has 1 saturated carbocycles. The molecule has 4 rings (SSSR count). The number of benzene rings is 1. The number of nitrogens with one attached hydrogen (secondary N) is 1. The van der Waals surface area contributed by atoms with Crippen LogP contribution in [0, 0.1) is 5.41 Å². The molecular weight excluding hydrogens is 274 g/mol. The van der Waals surface area contributed by atoms with Crippen LogP contribution in [0.2, 0.25) is 0 Å². The molecule has 0 amide bonds. The molecule has 0 unspecified atom stereocenters. The Morgan fingerprint density at radius 1 is 1.14 bits per heavy atom. The molecular formula is C18H23N3O. The van der Waals surface area contributed by atoms with E-state index in [2.05, 4.69) is 28.6 Å². The highest BCUT2D eigenvalue weighted by Crippen LogP contribution is 2.48. The van der Waals surface area contributed by atoms with E-state index < -0.39 is 0 Å². The fourth-order valence-electron chi connectivity index (χ4n) is 3.77. The summed E-state index contributed by atoms with van der Waals surface area (Å²) in [5.74, 6) is 0. The predicted octanol–water partition coefficient (Wildman–Crippen LogP) is 2.92. The molecule has 2 fully saturated rings. The Labute approximate surface area is 131 Å². The quantitative estimate of drug-likeness (QED) is 0.943. The molecule has 1 N–H and O–H groups in total. The summed E-state index contributed by atoms with van der Waals surface area (Å²) in [5.41, 5.74) is 2.80. The zero-order chi connectivity index (χ0) is 14.8. The SMILES string of the molecule is c1ccc(-n2ccc(CNC3CC4(CCOCC4)C3)n2)cc1. The van der Waals surface area contributed by atoms with Crippen molar-refractivity contribution in [2.45, 2.75) is 38.3 Å². The summed E-state index contributed by atoms with van der Waals surface area (Å²) < 4.78 is 7.42. The molecule has 22 heavy (non-hydrogen) atoms. The van der Waals surface area contributed by atoms with Crippen molar-refractivity contribution in [2.75, 3.05) is 13.2 Å². The van der Waals surface area contributed by atoms with Crippen LogP contribution in [0.25, 0.3) is 5.69 Å². The molecule has 1 aliphatic carbocycles. The van der Waals surface area contributed by atoms with E-state index in [1.807, 2.05) is 29.1 Å². The molecule has 2 heterocycles. The van der Waals surface area contributed by atoms with Crippen LogP contribution in [0.1, 0.15) is 31.4 Å². The van der Waals surface area contributed by atoms with E-state index in [0.29, 0.717) is 11.5 Å². The van der Waals surface area contributed by atoms with E-state index in [9.17, 15) is 0 Å². The first kappa shape index (κ1) is 14.0. The minimum atomic E-state index is 0.583. The number of para-hydroxylation sites is 1. The fourth-order valence-corrected chi connectivity index (χ4v) is 3.77. The van der Waals surface area contributed by atoms with Gasteiger partial charge in [-0.1, -0.05) is 18.2 Å². The second-order valence-electron chi connectivity index (χ2n) is 6.69. The van der Waals surface area contributed by atoms with Crippen LogP contribution in [0.15, 0.2) is 42.6 Å². The second-order valence-corrected chi connectivity index (χ2v) is 6.69. The first-order valence-corrected chi connectivity index (χ1v) is 8.24. The van der Waals surface area contributed by atoms with E-state index in [-0.39, 0.29) is 0 Å². The Balaban J connectivity index is 1.29. The fraction of sp³-hybridized carbons (Fsp3) is 0.500. The molecule has 0 atom stereocenters. The monoisotopic (exact) mass is 297 g/mol. The number of hydrogen-bond donors (Lipinski definition) is 1. The largest absolute Gasteiger partial charge is 0.381 e. The van der Waals surface area contributed by atoms with Crippen molar-refractivity contribution in [3.8, 4) is 5.69 Å². The van der Waals surface area contributed by atoms with Crippen molar-refractivity contribution in [1.29, 1.82) is 0 Å². The highest BCUT2D eigenvalue weighted by Gasteiger charge is 2.44. The van der Waals surface area contributed by atoms with E-state index in [0.717, 1.165) is 31.1 Å². The van der Waals surface area contributed by atoms with Crippen LogP contribution in [0.4, 0.5) is 0 Å². The number of aromatic nitrogens is 2. The summed E-state index contributed by atoms with van der Waals surface area (Å²) in [6, 6.07) is 13.0. The molecule has 4 nitrogen and oxygen atoms in total. The Morgan fingerprint density at radius 2 is 1.91 bits per heavy atom. The van der Waals surface area contributed by atoms with E-state index in [1.165, 1.54) is 25.7 Å². The standard InChI is InChI=1S/C18H23N3O/c1-2-4-17(5-3-1)21-9-6-15(20-21)14-19-16-12-18(13-16)7-10-22-11-8-18/h1-6,9,16,19H,7-8,10-14H2. The zero-order valence-corrected chi connectivity index (χ0v) is 12.9. The van der Waals surface area contributed by atoms with E-state index in [4.69, 9.17) is 4.74 Å². The topological polar surface area (TPSA) is 39.1 Å². The molecule has 1 aliphatic heterocycles. The highest BCUT2D eigenvalue weighted by atomic mass is 16.5. The van der Waals surface area contributed by atoms with Gasteiger partial charge in [0.25, 0.3) is 0 Å². The van der Waals surface area contributed by atoms with Gasteiger partial charge >= 0.3 is 0 Å². The first-order chi connectivity index (χ1) is 10.8. The number of nitrogens with zero attached hydrogens (tertiary/aromatic N) is 2. The van der Waals surface area contributed by atoms with Crippen LogP contribution in [0.5, 0.6) is 0 Å². The summed E-state index contributed by atoms with van der Waals surface area (Å²) in [6.45, 7) is 2.76. The number of hydrogen-bond acceptors (Lipinski definition) is 3. The van der Waals surface area contributed by atoms with E-state index >= 15 is 0 Å². The predicted molar refractivity (Wildman–Crippen MR) is 85.9 cm³/mol. The average Bonchev–Trinajstić information content (AvgIpc) is 3.02. The molecule has 4 heteroatoms. The second kappa shape index (κ2) is 5.86. The Kier molecular flexibility index (Phi) is 3.72. The van der Waals surface area contributed by atoms with Gasteiger partial charge in [-0.3, -0.25) is 0 Å². The van der Waals surface area contributed by atoms with Gasteiger partial charge in [0.2, 0.25) is 0 Å². The van der Waals surface area contributed by atoms with Crippen LogP contribution >= 0.6 is 0 Å². The average molecular weight is 297 g/mol. The summed E-state index contributed by atoms with van der Waals surface area (Å²) in [6.07, 6.45) is 7.13. The van der Waals surface area contributed by atoms with Crippen molar-refractivity contribution in [3.63, 3.8) is 0 Å². The third kappa shape index (κ3) is 2.81. The summed E-state index contributed by atoms with van der Waals surface area (Å²) >= 11 is 0. The summed E-state index contributed by atoms with van der Waals surface area (Å²) in [4.78, 5) is 0. The van der Waals surface area contributed by atoms with Gasteiger partial charge in [0.05, 0.1) is 11.4 Å². The number of ether oxygens (including phenoxy) is 1. The van der Waals surface area contributed by atoms with Crippen LogP contribution in [-0.2, 0) is 11.3 Å². The normalized spacial score (nSPS) is 20.9. The van der Waals surface area contributed by atoms with Crippen molar-refractivity contribution in [2.24, 2.45) is 5.41 Å². The highest BCUT2D eigenvalue weighted by molar-refractivity contribution is 5.30. The molecule has 2 aromatic rings. The van der Waals surface area contributed by atoms with Crippen molar-refractivity contribution in [1.82, 2.24) is 15.1 Å². The lowest BCUT2D eigenvalue weighted by atomic mass is 9.61. The minimum Gasteiger partial charge on any atom is -0.381 e. The third-order valence-corrected chi connectivity index (χ3v) is 5.15. The van der Waals surface area contributed by atoms with Crippen molar-refractivity contribution >= 4 is 0 Å². The van der Waals surface area contributed by atoms with Gasteiger partial charge in [-0.15, -0.1) is 0 Å². The smallest absolute Gasteiger partial charge is 0.0766 e. The minimum absolute atomic E-state index is 0.583. The maximum absolute atomic E-state index is 5.48. The molecule has 1 aromatic carbocycles. The molecule has 1 saturated heterocycles. The Hall–Kier alpha value is -1.65. The molecule has 0 bridgehead atoms. The van der Waals surface area contributed by atoms with Gasteiger partial charge in [0, 0.05) is 32.0 Å². The molecule has 116 valence electrons. The van der Waals surface area contributed by atoms with Gasteiger partial charge in [-0.25, -0.2) is 4.68 Å². The van der Waals surface area contributed by atoms with Gasteiger partial charge in [-0.2, -0.15) is 5.10 Å². The van der Waals surface area contributed by atoms with Gasteiger partial charge < -0.3 is 10.1 Å². The summed E-state index contributed by atoms with van der Waals surface area (Å²) in [7, 11) is 0. The maximum Gasteiger partial charge on any atom is 0.0766 e. The molecule has 1 aromatic heterocycles. The van der Waals surface area contributed by atoms with Crippen molar-refractivity contribution in [3.05, 3.63) is 48.3 Å². The van der Waals surface area contributed by atoms with Crippen LogP contribution in [-0.4, -0.2) is 29.0 Å².